The highest BCUT2D eigenvalue weighted by atomic mass is 35.5. The SMILES string of the molecule is CCCC[N+]1(CCCC)CCN(c2ccc(OC)cc2)CC1.[Cl-]. The fourth-order valence-electron chi connectivity index (χ4n) is 3.49. The van der Waals surface area contributed by atoms with Gasteiger partial charge in [0.25, 0.3) is 0 Å². The summed E-state index contributed by atoms with van der Waals surface area (Å²) in [7, 11) is 1.73. The van der Waals surface area contributed by atoms with Crippen molar-refractivity contribution in [2.45, 2.75) is 39.5 Å². The molecule has 1 aromatic rings. The molecule has 2 rings (SSSR count). The second-order valence-electron chi connectivity index (χ2n) is 6.63. The second kappa shape index (κ2) is 10.0. The van der Waals surface area contributed by atoms with E-state index in [1.54, 1.807) is 7.11 Å². The number of hydrogen-bond donors (Lipinski definition) is 0. The lowest BCUT2D eigenvalue weighted by molar-refractivity contribution is -0.929. The first-order valence-corrected chi connectivity index (χ1v) is 8.97. The summed E-state index contributed by atoms with van der Waals surface area (Å²) in [6.07, 6.45) is 5.36. The first-order chi connectivity index (χ1) is 10.7. The van der Waals surface area contributed by atoms with E-state index < -0.39 is 0 Å². The quantitative estimate of drug-likeness (QED) is 0.653. The van der Waals surface area contributed by atoms with E-state index in [1.165, 1.54) is 75.1 Å². The van der Waals surface area contributed by atoms with Crippen molar-refractivity contribution in [2.75, 3.05) is 51.3 Å². The number of nitrogens with zero attached hydrogens (tertiary/aromatic N) is 2. The van der Waals surface area contributed by atoms with E-state index in [4.69, 9.17) is 4.74 Å². The molecule has 0 N–H and O–H groups in total. The van der Waals surface area contributed by atoms with Crippen LogP contribution < -0.4 is 22.0 Å². The van der Waals surface area contributed by atoms with Gasteiger partial charge in [-0.15, -0.1) is 0 Å². The first kappa shape index (κ1) is 20.1. The average Bonchev–Trinajstić information content (AvgIpc) is 2.59. The van der Waals surface area contributed by atoms with Crippen molar-refractivity contribution >= 4 is 5.69 Å². The van der Waals surface area contributed by atoms with Gasteiger partial charge in [-0.1, -0.05) is 26.7 Å². The molecule has 0 spiro atoms. The summed E-state index contributed by atoms with van der Waals surface area (Å²) in [5.41, 5.74) is 1.34. The Morgan fingerprint density at radius 1 is 0.957 bits per heavy atom. The lowest BCUT2D eigenvalue weighted by Crippen LogP contribution is -3.00. The second-order valence-corrected chi connectivity index (χ2v) is 6.63. The fraction of sp³-hybridized carbons (Fsp3) is 0.684. The van der Waals surface area contributed by atoms with Gasteiger partial charge in [0.2, 0.25) is 0 Å². The summed E-state index contributed by atoms with van der Waals surface area (Å²) in [5, 5.41) is 0. The Labute approximate surface area is 148 Å². The molecule has 1 fully saturated rings. The van der Waals surface area contributed by atoms with Crippen LogP contribution in [0.3, 0.4) is 0 Å². The highest BCUT2D eigenvalue weighted by Gasteiger charge is 2.31. The van der Waals surface area contributed by atoms with Gasteiger partial charge in [-0.3, -0.25) is 0 Å². The van der Waals surface area contributed by atoms with Crippen molar-refractivity contribution in [3.05, 3.63) is 24.3 Å². The van der Waals surface area contributed by atoms with Crippen LogP contribution in [-0.4, -0.2) is 50.9 Å². The van der Waals surface area contributed by atoms with Crippen molar-refractivity contribution in [2.24, 2.45) is 0 Å². The van der Waals surface area contributed by atoms with Crippen LogP contribution in [0.2, 0.25) is 0 Å². The molecule has 0 radical (unpaired) electrons. The number of halogens is 1. The normalized spacial score (nSPS) is 16.7. The maximum Gasteiger partial charge on any atom is 0.119 e. The van der Waals surface area contributed by atoms with E-state index in [9.17, 15) is 0 Å². The molecule has 0 aliphatic carbocycles. The number of ether oxygens (including phenoxy) is 1. The molecule has 1 aliphatic heterocycles. The highest BCUT2D eigenvalue weighted by molar-refractivity contribution is 5.49. The van der Waals surface area contributed by atoms with Gasteiger partial charge in [0.1, 0.15) is 5.75 Å². The maximum atomic E-state index is 5.26. The summed E-state index contributed by atoms with van der Waals surface area (Å²) in [6.45, 7) is 12.3. The minimum Gasteiger partial charge on any atom is -1.00 e. The monoisotopic (exact) mass is 340 g/mol. The van der Waals surface area contributed by atoms with Crippen molar-refractivity contribution in [3.8, 4) is 5.75 Å². The number of methoxy groups -OCH3 is 1. The van der Waals surface area contributed by atoms with Crippen LogP contribution >= 0.6 is 0 Å². The van der Waals surface area contributed by atoms with Gasteiger partial charge >= 0.3 is 0 Å². The first-order valence-electron chi connectivity index (χ1n) is 8.97. The number of unbranched alkanes of at least 4 members (excludes halogenated alkanes) is 2. The zero-order valence-electron chi connectivity index (χ0n) is 15.1. The molecule has 1 heterocycles. The summed E-state index contributed by atoms with van der Waals surface area (Å²) in [6, 6.07) is 8.52. The number of anilines is 1. The van der Waals surface area contributed by atoms with Gasteiger partial charge < -0.3 is 26.5 Å². The van der Waals surface area contributed by atoms with Crippen LogP contribution in [-0.2, 0) is 0 Å². The van der Waals surface area contributed by atoms with E-state index in [0.29, 0.717) is 0 Å². The van der Waals surface area contributed by atoms with E-state index in [0.717, 1.165) is 5.75 Å². The smallest absolute Gasteiger partial charge is 0.119 e. The zero-order chi connectivity index (χ0) is 15.8. The molecule has 23 heavy (non-hydrogen) atoms. The van der Waals surface area contributed by atoms with E-state index in [-0.39, 0.29) is 12.4 Å². The van der Waals surface area contributed by atoms with Gasteiger partial charge in [-0.25, -0.2) is 0 Å². The number of hydrogen-bond acceptors (Lipinski definition) is 2. The third-order valence-electron chi connectivity index (χ3n) is 5.10. The largest absolute Gasteiger partial charge is 1.00 e. The third kappa shape index (κ3) is 5.58. The molecule has 0 saturated carbocycles. The molecular formula is C19H33ClN2O. The van der Waals surface area contributed by atoms with Crippen molar-refractivity contribution < 1.29 is 21.6 Å². The van der Waals surface area contributed by atoms with Crippen LogP contribution in [0.5, 0.6) is 5.75 Å². The summed E-state index contributed by atoms with van der Waals surface area (Å²) in [5.74, 6) is 0.941. The van der Waals surface area contributed by atoms with Gasteiger partial charge in [-0.05, 0) is 37.1 Å². The van der Waals surface area contributed by atoms with Gasteiger partial charge in [-0.2, -0.15) is 0 Å². The van der Waals surface area contributed by atoms with Gasteiger partial charge in [0.15, 0.2) is 0 Å². The fourth-order valence-corrected chi connectivity index (χ4v) is 3.49. The molecule has 0 unspecified atom stereocenters. The maximum absolute atomic E-state index is 5.26. The minimum absolute atomic E-state index is 0. The molecule has 132 valence electrons. The molecule has 3 nitrogen and oxygen atoms in total. The van der Waals surface area contributed by atoms with E-state index in [2.05, 4.69) is 43.0 Å². The Morgan fingerprint density at radius 2 is 1.48 bits per heavy atom. The molecule has 1 saturated heterocycles. The molecule has 0 aromatic heterocycles. The Morgan fingerprint density at radius 3 is 1.91 bits per heavy atom. The minimum atomic E-state index is 0. The van der Waals surface area contributed by atoms with Crippen molar-refractivity contribution in [1.82, 2.24) is 0 Å². The van der Waals surface area contributed by atoms with E-state index >= 15 is 0 Å². The third-order valence-corrected chi connectivity index (χ3v) is 5.10. The van der Waals surface area contributed by atoms with Crippen LogP contribution in [0.4, 0.5) is 5.69 Å². The summed E-state index contributed by atoms with van der Waals surface area (Å²) < 4.78 is 6.60. The zero-order valence-corrected chi connectivity index (χ0v) is 15.8. The molecular weight excluding hydrogens is 308 g/mol. The molecule has 0 atom stereocenters. The molecule has 1 aliphatic rings. The number of rotatable bonds is 8. The summed E-state index contributed by atoms with van der Waals surface area (Å²) >= 11 is 0. The van der Waals surface area contributed by atoms with Crippen LogP contribution in [0.15, 0.2) is 24.3 Å². The lowest BCUT2D eigenvalue weighted by atomic mass is 10.1. The topological polar surface area (TPSA) is 12.5 Å². The highest BCUT2D eigenvalue weighted by Crippen LogP contribution is 2.23. The molecule has 4 heteroatoms. The van der Waals surface area contributed by atoms with Crippen molar-refractivity contribution in [3.63, 3.8) is 0 Å². The predicted octanol–water partition coefficient (Wildman–Crippen LogP) is 0.936. The molecule has 1 aromatic carbocycles. The van der Waals surface area contributed by atoms with E-state index in [1.807, 2.05) is 0 Å². The Hall–Kier alpha value is -0.930. The Bertz CT molecular complexity index is 418. The van der Waals surface area contributed by atoms with Crippen LogP contribution in [0.1, 0.15) is 39.5 Å². The van der Waals surface area contributed by atoms with Gasteiger partial charge in [0.05, 0.1) is 46.4 Å². The number of quaternary nitrogens is 1. The van der Waals surface area contributed by atoms with Gasteiger partial charge in [0, 0.05) is 5.69 Å². The Balaban J connectivity index is 0.00000264. The van der Waals surface area contributed by atoms with Crippen molar-refractivity contribution in [1.29, 1.82) is 0 Å². The van der Waals surface area contributed by atoms with Crippen LogP contribution in [0, 0.1) is 0 Å². The predicted molar refractivity (Wildman–Crippen MR) is 94.8 cm³/mol. The number of benzene rings is 1. The molecule has 0 bridgehead atoms. The molecule has 0 amide bonds. The summed E-state index contributed by atoms with van der Waals surface area (Å²) in [4.78, 5) is 2.54. The number of piperazine rings is 1. The standard InChI is InChI=1S/C19H33N2O.ClH/c1-4-6-14-21(15-7-5-2)16-12-20(13-17-21)18-8-10-19(22-3)11-9-18;/h8-11H,4-7,12-17H2,1-3H3;1H/q+1;/p-1. The average molecular weight is 341 g/mol. The van der Waals surface area contributed by atoms with Crippen LogP contribution in [0.25, 0.3) is 0 Å². The Kier molecular flexibility index (Phi) is 8.78. The lowest BCUT2D eigenvalue weighted by Gasteiger charge is -2.46.